The maximum Gasteiger partial charge on any atom is 0.0594 e. The smallest absolute Gasteiger partial charge is 0.0594 e. The summed E-state index contributed by atoms with van der Waals surface area (Å²) in [5.74, 6) is 0. The minimum absolute atomic E-state index is 0.456. The number of morpholine rings is 1. The van der Waals surface area contributed by atoms with E-state index in [1.54, 1.807) is 0 Å². The molecule has 1 aliphatic heterocycles. The molecular weight excluding hydrogens is 152 g/mol. The normalized spacial score (nSPS) is 38.8. The third-order valence-electron chi connectivity index (χ3n) is 3.01. The van der Waals surface area contributed by atoms with Gasteiger partial charge >= 0.3 is 0 Å². The summed E-state index contributed by atoms with van der Waals surface area (Å²) in [6, 6.07) is 1.21. The summed E-state index contributed by atoms with van der Waals surface area (Å²) in [5.41, 5.74) is 5.87. The van der Waals surface area contributed by atoms with Crippen molar-refractivity contribution in [2.24, 2.45) is 5.73 Å². The lowest BCUT2D eigenvalue weighted by atomic mass is 10.2. The van der Waals surface area contributed by atoms with Crippen LogP contribution in [0.5, 0.6) is 0 Å². The first kappa shape index (κ1) is 8.48. The van der Waals surface area contributed by atoms with Crippen molar-refractivity contribution in [3.8, 4) is 0 Å². The van der Waals surface area contributed by atoms with Gasteiger partial charge in [0.05, 0.1) is 13.2 Å². The molecule has 2 N–H and O–H groups in total. The van der Waals surface area contributed by atoms with Crippen molar-refractivity contribution in [3.63, 3.8) is 0 Å². The molecule has 2 rings (SSSR count). The topological polar surface area (TPSA) is 38.5 Å². The van der Waals surface area contributed by atoms with Crippen molar-refractivity contribution in [1.29, 1.82) is 0 Å². The molecule has 0 bridgehead atoms. The second-order valence-electron chi connectivity index (χ2n) is 3.88. The molecule has 3 heteroatoms. The van der Waals surface area contributed by atoms with Crippen molar-refractivity contribution in [2.75, 3.05) is 26.3 Å². The van der Waals surface area contributed by atoms with Gasteiger partial charge in [-0.05, 0) is 19.3 Å². The first-order chi connectivity index (χ1) is 5.86. The Balaban J connectivity index is 1.83. The van der Waals surface area contributed by atoms with E-state index in [2.05, 4.69) is 4.90 Å². The number of ether oxygens (including phenoxy) is 1. The van der Waals surface area contributed by atoms with Gasteiger partial charge in [-0.2, -0.15) is 0 Å². The number of nitrogens with zero attached hydrogens (tertiary/aromatic N) is 1. The highest BCUT2D eigenvalue weighted by molar-refractivity contribution is 4.85. The van der Waals surface area contributed by atoms with Crippen LogP contribution < -0.4 is 5.73 Å². The molecule has 0 amide bonds. The molecule has 0 radical (unpaired) electrons. The number of rotatable bonds is 1. The second-order valence-corrected chi connectivity index (χ2v) is 3.88. The van der Waals surface area contributed by atoms with E-state index in [0.29, 0.717) is 6.04 Å². The molecule has 1 saturated heterocycles. The summed E-state index contributed by atoms with van der Waals surface area (Å²) < 4.78 is 5.31. The second kappa shape index (κ2) is 3.73. The van der Waals surface area contributed by atoms with Gasteiger partial charge in [-0.25, -0.2) is 0 Å². The molecule has 2 aliphatic rings. The van der Waals surface area contributed by atoms with E-state index >= 15 is 0 Å². The summed E-state index contributed by atoms with van der Waals surface area (Å²) >= 11 is 0. The molecule has 0 spiro atoms. The van der Waals surface area contributed by atoms with Gasteiger partial charge in [0.15, 0.2) is 0 Å². The average molecular weight is 170 g/mol. The molecule has 1 heterocycles. The molecular formula is C9H18N2O. The van der Waals surface area contributed by atoms with E-state index in [9.17, 15) is 0 Å². The maximum atomic E-state index is 5.87. The Kier molecular flexibility index (Phi) is 2.63. The van der Waals surface area contributed by atoms with Gasteiger partial charge < -0.3 is 10.5 Å². The molecule has 0 aromatic heterocycles. The van der Waals surface area contributed by atoms with Crippen molar-refractivity contribution in [1.82, 2.24) is 4.90 Å². The van der Waals surface area contributed by atoms with Gasteiger partial charge in [0, 0.05) is 25.2 Å². The highest BCUT2D eigenvalue weighted by atomic mass is 16.5. The predicted octanol–water partition coefficient (Wildman–Crippen LogP) is 0.198. The molecule has 0 unspecified atom stereocenters. The van der Waals surface area contributed by atoms with Crippen LogP contribution in [0.25, 0.3) is 0 Å². The first-order valence-corrected chi connectivity index (χ1v) is 4.93. The zero-order chi connectivity index (χ0) is 8.39. The zero-order valence-corrected chi connectivity index (χ0v) is 7.54. The Morgan fingerprint density at radius 1 is 1.17 bits per heavy atom. The fourth-order valence-electron chi connectivity index (χ4n) is 2.27. The lowest BCUT2D eigenvalue weighted by Crippen LogP contribution is -2.42. The molecule has 70 valence electrons. The zero-order valence-electron chi connectivity index (χ0n) is 7.54. The van der Waals surface area contributed by atoms with Crippen LogP contribution in [0.1, 0.15) is 19.3 Å². The van der Waals surface area contributed by atoms with Gasteiger partial charge in [-0.1, -0.05) is 0 Å². The van der Waals surface area contributed by atoms with Crippen LogP contribution in [0.3, 0.4) is 0 Å². The summed E-state index contributed by atoms with van der Waals surface area (Å²) in [4.78, 5) is 2.54. The first-order valence-electron chi connectivity index (χ1n) is 4.93. The van der Waals surface area contributed by atoms with Crippen LogP contribution in [0.4, 0.5) is 0 Å². The molecule has 1 aliphatic carbocycles. The molecule has 0 aromatic carbocycles. The summed E-state index contributed by atoms with van der Waals surface area (Å²) in [6.07, 6.45) is 3.70. The van der Waals surface area contributed by atoms with E-state index in [-0.39, 0.29) is 0 Å². The van der Waals surface area contributed by atoms with Crippen LogP contribution in [0.15, 0.2) is 0 Å². The molecule has 2 atom stereocenters. The SMILES string of the molecule is N[C@@H]1CC[C@H](N2CCOCC2)C1. The van der Waals surface area contributed by atoms with Crippen molar-refractivity contribution < 1.29 is 4.74 Å². The Bertz CT molecular complexity index is 143. The van der Waals surface area contributed by atoms with Crippen molar-refractivity contribution in [3.05, 3.63) is 0 Å². The predicted molar refractivity (Wildman–Crippen MR) is 48.0 cm³/mol. The van der Waals surface area contributed by atoms with Gasteiger partial charge in [0.25, 0.3) is 0 Å². The Morgan fingerprint density at radius 2 is 1.92 bits per heavy atom. The Morgan fingerprint density at radius 3 is 2.50 bits per heavy atom. The number of hydrogen-bond donors (Lipinski definition) is 1. The van der Waals surface area contributed by atoms with Crippen molar-refractivity contribution in [2.45, 2.75) is 31.3 Å². The van der Waals surface area contributed by atoms with E-state index < -0.39 is 0 Å². The van der Waals surface area contributed by atoms with Crippen LogP contribution in [-0.2, 0) is 4.74 Å². The third-order valence-corrected chi connectivity index (χ3v) is 3.01. The molecule has 1 saturated carbocycles. The fraction of sp³-hybridized carbons (Fsp3) is 1.00. The van der Waals surface area contributed by atoms with E-state index in [1.807, 2.05) is 0 Å². The maximum absolute atomic E-state index is 5.87. The molecule has 12 heavy (non-hydrogen) atoms. The van der Waals surface area contributed by atoms with Crippen LogP contribution >= 0.6 is 0 Å². The lowest BCUT2D eigenvalue weighted by Gasteiger charge is -2.32. The van der Waals surface area contributed by atoms with Gasteiger partial charge in [0.1, 0.15) is 0 Å². The summed E-state index contributed by atoms with van der Waals surface area (Å²) in [7, 11) is 0. The molecule has 3 nitrogen and oxygen atoms in total. The highest BCUT2D eigenvalue weighted by Crippen LogP contribution is 2.23. The van der Waals surface area contributed by atoms with Gasteiger partial charge in [-0.3, -0.25) is 4.90 Å². The quantitative estimate of drug-likeness (QED) is 0.611. The monoisotopic (exact) mass is 170 g/mol. The fourth-order valence-corrected chi connectivity index (χ4v) is 2.27. The van der Waals surface area contributed by atoms with Gasteiger partial charge in [-0.15, -0.1) is 0 Å². The largest absolute Gasteiger partial charge is 0.379 e. The standard InChI is InChI=1S/C9H18N2O/c10-8-1-2-9(7-8)11-3-5-12-6-4-11/h8-9H,1-7,10H2/t8-,9+/m1/s1. The third kappa shape index (κ3) is 1.79. The average Bonchev–Trinajstić information content (AvgIpc) is 2.54. The van der Waals surface area contributed by atoms with Crippen LogP contribution in [-0.4, -0.2) is 43.3 Å². The number of hydrogen-bond acceptors (Lipinski definition) is 3. The highest BCUT2D eigenvalue weighted by Gasteiger charge is 2.27. The van der Waals surface area contributed by atoms with E-state index in [0.717, 1.165) is 32.3 Å². The van der Waals surface area contributed by atoms with Gasteiger partial charge in [0.2, 0.25) is 0 Å². The van der Waals surface area contributed by atoms with Crippen LogP contribution in [0.2, 0.25) is 0 Å². The molecule has 2 fully saturated rings. The minimum atomic E-state index is 0.456. The summed E-state index contributed by atoms with van der Waals surface area (Å²) in [5, 5.41) is 0. The van der Waals surface area contributed by atoms with E-state index in [1.165, 1.54) is 19.3 Å². The van der Waals surface area contributed by atoms with Crippen LogP contribution in [0, 0.1) is 0 Å². The van der Waals surface area contributed by atoms with E-state index in [4.69, 9.17) is 10.5 Å². The Hall–Kier alpha value is -0.120. The minimum Gasteiger partial charge on any atom is -0.379 e. The summed E-state index contributed by atoms with van der Waals surface area (Å²) in [6.45, 7) is 4.03. The Labute approximate surface area is 73.9 Å². The lowest BCUT2D eigenvalue weighted by molar-refractivity contribution is 0.0178. The van der Waals surface area contributed by atoms with Crippen molar-refractivity contribution >= 4 is 0 Å². The number of nitrogens with two attached hydrogens (primary N) is 1. The molecule has 0 aromatic rings.